The molecule has 0 bridgehead atoms. The summed E-state index contributed by atoms with van der Waals surface area (Å²) in [5.74, 6) is -0.138. The van der Waals surface area contributed by atoms with Crippen molar-refractivity contribution in [1.82, 2.24) is 5.32 Å². The van der Waals surface area contributed by atoms with Crippen molar-refractivity contribution in [2.75, 3.05) is 6.54 Å². The third kappa shape index (κ3) is 2.72. The van der Waals surface area contributed by atoms with Gasteiger partial charge in [-0.05, 0) is 59.8 Å². The Morgan fingerprint density at radius 2 is 2.28 bits per heavy atom. The molecule has 1 aliphatic carbocycles. The molecule has 1 aliphatic rings. The van der Waals surface area contributed by atoms with Crippen LogP contribution in [0.4, 0.5) is 4.39 Å². The van der Waals surface area contributed by atoms with Gasteiger partial charge in [0.05, 0.1) is 10.0 Å². The molecule has 98 valence electrons. The van der Waals surface area contributed by atoms with Crippen molar-refractivity contribution in [3.8, 4) is 0 Å². The molecule has 0 spiro atoms. The molecule has 1 aromatic rings. The van der Waals surface area contributed by atoms with Crippen molar-refractivity contribution in [2.45, 2.75) is 25.3 Å². The summed E-state index contributed by atoms with van der Waals surface area (Å²) >= 11 is 3.07. The highest BCUT2D eigenvalue weighted by atomic mass is 79.9. The van der Waals surface area contributed by atoms with Gasteiger partial charge in [0.2, 0.25) is 0 Å². The summed E-state index contributed by atoms with van der Waals surface area (Å²) in [5, 5.41) is 2.96. The van der Waals surface area contributed by atoms with Crippen LogP contribution in [0, 0.1) is 11.7 Å². The number of carbonyl (C=O) groups excluding carboxylic acids is 1. The fourth-order valence-corrected chi connectivity index (χ4v) is 2.39. The third-order valence-corrected chi connectivity index (χ3v) is 4.09. The van der Waals surface area contributed by atoms with Crippen LogP contribution in [0.5, 0.6) is 0 Å². The zero-order valence-electron chi connectivity index (χ0n) is 10.2. The number of hydrogen-bond donors (Lipinski definition) is 2. The molecule has 0 saturated heterocycles. The van der Waals surface area contributed by atoms with Crippen LogP contribution in [0.1, 0.15) is 30.1 Å². The summed E-state index contributed by atoms with van der Waals surface area (Å²) in [4.78, 5) is 12.1. The van der Waals surface area contributed by atoms with E-state index in [1.807, 2.05) is 6.92 Å². The lowest BCUT2D eigenvalue weighted by Crippen LogP contribution is -2.53. The Labute approximate surface area is 114 Å². The molecule has 2 rings (SSSR count). The summed E-state index contributed by atoms with van der Waals surface area (Å²) in [7, 11) is 0. The lowest BCUT2D eigenvalue weighted by Gasteiger charge is -2.29. The second kappa shape index (κ2) is 4.97. The number of nitrogens with two attached hydrogens (primary N) is 1. The van der Waals surface area contributed by atoms with Gasteiger partial charge >= 0.3 is 0 Å². The van der Waals surface area contributed by atoms with Gasteiger partial charge in [-0.15, -0.1) is 0 Å². The monoisotopic (exact) mass is 314 g/mol. The maximum absolute atomic E-state index is 13.1. The number of hydrogen-bond acceptors (Lipinski definition) is 2. The Hall–Kier alpha value is -0.940. The predicted octanol–water partition coefficient (Wildman–Crippen LogP) is 2.45. The fourth-order valence-electron chi connectivity index (χ4n) is 2.01. The minimum absolute atomic E-state index is 0.212. The smallest absolute Gasteiger partial charge is 0.251 e. The average molecular weight is 315 g/mol. The molecule has 1 aromatic carbocycles. The Bertz CT molecular complexity index is 476. The average Bonchev–Trinajstić information content (AvgIpc) is 3.16. The van der Waals surface area contributed by atoms with Crippen molar-refractivity contribution >= 4 is 21.8 Å². The Morgan fingerprint density at radius 1 is 1.61 bits per heavy atom. The van der Waals surface area contributed by atoms with Crippen LogP contribution >= 0.6 is 15.9 Å². The third-order valence-electron chi connectivity index (χ3n) is 3.48. The molecule has 0 radical (unpaired) electrons. The molecule has 3 N–H and O–H groups in total. The SMILES string of the molecule is CC(CN)(NC(=O)c1ccc(F)c(Br)c1)C1CC1. The lowest BCUT2D eigenvalue weighted by atomic mass is 9.95. The van der Waals surface area contributed by atoms with E-state index in [-0.39, 0.29) is 21.7 Å². The van der Waals surface area contributed by atoms with Crippen LogP contribution in [0.3, 0.4) is 0 Å². The summed E-state index contributed by atoms with van der Waals surface area (Å²) < 4.78 is 13.4. The normalized spacial score (nSPS) is 18.2. The minimum atomic E-state index is -0.379. The van der Waals surface area contributed by atoms with Crippen molar-refractivity contribution < 1.29 is 9.18 Å². The van der Waals surface area contributed by atoms with E-state index in [9.17, 15) is 9.18 Å². The highest BCUT2D eigenvalue weighted by molar-refractivity contribution is 9.10. The molecule has 3 nitrogen and oxygen atoms in total. The first-order valence-corrected chi connectivity index (χ1v) is 6.73. The first kappa shape index (κ1) is 13.5. The van der Waals surface area contributed by atoms with E-state index >= 15 is 0 Å². The van der Waals surface area contributed by atoms with Crippen LogP contribution in [0.15, 0.2) is 22.7 Å². The lowest BCUT2D eigenvalue weighted by molar-refractivity contribution is 0.0897. The van der Waals surface area contributed by atoms with Crippen molar-refractivity contribution in [1.29, 1.82) is 0 Å². The minimum Gasteiger partial charge on any atom is -0.345 e. The highest BCUT2D eigenvalue weighted by Crippen LogP contribution is 2.39. The standard InChI is InChI=1S/C13H16BrFN2O/c1-13(7-16,9-3-4-9)17-12(18)8-2-5-11(15)10(14)6-8/h2,5-6,9H,3-4,7,16H2,1H3,(H,17,18). The molecule has 18 heavy (non-hydrogen) atoms. The first-order chi connectivity index (χ1) is 8.46. The summed E-state index contributed by atoms with van der Waals surface area (Å²) in [5.41, 5.74) is 5.82. The van der Waals surface area contributed by atoms with Crippen LogP contribution < -0.4 is 11.1 Å². The number of benzene rings is 1. The van der Waals surface area contributed by atoms with Gasteiger partial charge in [0.1, 0.15) is 5.82 Å². The van der Waals surface area contributed by atoms with E-state index in [1.54, 1.807) is 0 Å². The molecule has 1 atom stereocenters. The van der Waals surface area contributed by atoms with E-state index in [0.29, 0.717) is 18.0 Å². The molecular formula is C13H16BrFN2O. The molecule has 0 aromatic heterocycles. The van der Waals surface area contributed by atoms with Crippen molar-refractivity contribution in [3.05, 3.63) is 34.1 Å². The predicted molar refractivity (Wildman–Crippen MR) is 71.7 cm³/mol. The highest BCUT2D eigenvalue weighted by Gasteiger charge is 2.41. The van der Waals surface area contributed by atoms with E-state index in [1.165, 1.54) is 18.2 Å². The molecule has 1 unspecified atom stereocenters. The Balaban J connectivity index is 2.13. The van der Waals surface area contributed by atoms with Gasteiger partial charge in [-0.1, -0.05) is 0 Å². The zero-order valence-corrected chi connectivity index (χ0v) is 11.8. The molecule has 5 heteroatoms. The second-order valence-electron chi connectivity index (χ2n) is 4.98. The number of nitrogens with one attached hydrogen (secondary N) is 1. The maximum atomic E-state index is 13.1. The Morgan fingerprint density at radius 3 is 2.78 bits per heavy atom. The van der Waals surface area contributed by atoms with E-state index in [4.69, 9.17) is 5.73 Å². The van der Waals surface area contributed by atoms with Crippen LogP contribution in [-0.2, 0) is 0 Å². The van der Waals surface area contributed by atoms with Crippen molar-refractivity contribution in [3.63, 3.8) is 0 Å². The molecule has 1 saturated carbocycles. The molecule has 1 fully saturated rings. The van der Waals surface area contributed by atoms with Gasteiger partial charge in [-0.3, -0.25) is 4.79 Å². The van der Waals surface area contributed by atoms with Gasteiger partial charge in [0.25, 0.3) is 5.91 Å². The van der Waals surface area contributed by atoms with Gasteiger partial charge in [0, 0.05) is 12.1 Å². The number of halogens is 2. The topological polar surface area (TPSA) is 55.1 Å². The quantitative estimate of drug-likeness (QED) is 0.897. The maximum Gasteiger partial charge on any atom is 0.251 e. The van der Waals surface area contributed by atoms with Crippen LogP contribution in [0.25, 0.3) is 0 Å². The summed E-state index contributed by atoms with van der Waals surface area (Å²) in [6.07, 6.45) is 2.20. The van der Waals surface area contributed by atoms with E-state index in [0.717, 1.165) is 12.8 Å². The summed E-state index contributed by atoms with van der Waals surface area (Å²) in [6, 6.07) is 4.23. The molecule has 0 heterocycles. The molecule has 1 amide bonds. The van der Waals surface area contributed by atoms with Gasteiger partial charge in [0.15, 0.2) is 0 Å². The number of rotatable bonds is 4. The van der Waals surface area contributed by atoms with E-state index < -0.39 is 0 Å². The fraction of sp³-hybridized carbons (Fsp3) is 0.462. The largest absolute Gasteiger partial charge is 0.345 e. The van der Waals surface area contributed by atoms with Gasteiger partial charge < -0.3 is 11.1 Å². The van der Waals surface area contributed by atoms with Gasteiger partial charge in [-0.25, -0.2) is 4.39 Å². The zero-order chi connectivity index (χ0) is 13.3. The van der Waals surface area contributed by atoms with Gasteiger partial charge in [-0.2, -0.15) is 0 Å². The summed E-state index contributed by atoms with van der Waals surface area (Å²) in [6.45, 7) is 2.37. The van der Waals surface area contributed by atoms with Crippen LogP contribution in [-0.4, -0.2) is 18.0 Å². The number of carbonyl (C=O) groups is 1. The van der Waals surface area contributed by atoms with Crippen LogP contribution in [0.2, 0.25) is 0 Å². The van der Waals surface area contributed by atoms with Crippen molar-refractivity contribution in [2.24, 2.45) is 11.7 Å². The Kier molecular flexibility index (Phi) is 3.73. The van der Waals surface area contributed by atoms with E-state index in [2.05, 4.69) is 21.2 Å². The molecule has 0 aliphatic heterocycles. The molecular weight excluding hydrogens is 299 g/mol. The number of amides is 1. The second-order valence-corrected chi connectivity index (χ2v) is 5.83. The first-order valence-electron chi connectivity index (χ1n) is 5.94.